The second-order valence-electron chi connectivity index (χ2n) is 6.55. The second-order valence-corrected chi connectivity index (χ2v) is 7.37. The molecule has 0 bridgehead atoms. The minimum Gasteiger partial charge on any atom is -0.497 e. The Hall–Kier alpha value is -2.11. The van der Waals surface area contributed by atoms with Crippen molar-refractivity contribution in [3.8, 4) is 17.2 Å². The zero-order chi connectivity index (χ0) is 21.2. The van der Waals surface area contributed by atoms with Gasteiger partial charge in [-0.3, -0.25) is 4.79 Å². The van der Waals surface area contributed by atoms with Gasteiger partial charge in [0.05, 0.1) is 36.6 Å². The van der Waals surface area contributed by atoms with E-state index in [0.29, 0.717) is 45.2 Å². The minimum absolute atomic E-state index is 0.304. The van der Waals surface area contributed by atoms with Gasteiger partial charge in [0.15, 0.2) is 5.75 Å². The smallest absolute Gasteiger partial charge is 0.255 e. The molecular formula is C22H27Cl2NO4. The summed E-state index contributed by atoms with van der Waals surface area (Å²) in [5.41, 5.74) is 0.839. The molecule has 0 aliphatic heterocycles. The molecule has 29 heavy (non-hydrogen) atoms. The maximum Gasteiger partial charge on any atom is 0.255 e. The summed E-state index contributed by atoms with van der Waals surface area (Å²) in [6, 6.07) is 8.22. The number of nitrogens with one attached hydrogen (secondary N) is 1. The topological polar surface area (TPSA) is 56.8 Å². The van der Waals surface area contributed by atoms with E-state index in [-0.39, 0.29) is 5.91 Å². The van der Waals surface area contributed by atoms with E-state index < -0.39 is 0 Å². The van der Waals surface area contributed by atoms with Gasteiger partial charge in [-0.2, -0.15) is 0 Å². The molecule has 0 aromatic heterocycles. The van der Waals surface area contributed by atoms with E-state index in [4.69, 9.17) is 37.4 Å². The summed E-state index contributed by atoms with van der Waals surface area (Å²) in [4.78, 5) is 12.7. The van der Waals surface area contributed by atoms with E-state index in [0.717, 1.165) is 12.8 Å². The molecule has 0 spiro atoms. The Kier molecular flexibility index (Phi) is 9.42. The number of rotatable bonds is 11. The van der Waals surface area contributed by atoms with Gasteiger partial charge in [-0.15, -0.1) is 0 Å². The second kappa shape index (κ2) is 11.8. The number of carbonyl (C=O) groups excluding carboxylic acids is 1. The molecule has 0 radical (unpaired) electrons. The molecule has 7 heteroatoms. The van der Waals surface area contributed by atoms with Crippen LogP contribution >= 0.6 is 23.2 Å². The van der Waals surface area contributed by atoms with E-state index in [2.05, 4.69) is 12.2 Å². The zero-order valence-corrected chi connectivity index (χ0v) is 18.5. The van der Waals surface area contributed by atoms with E-state index in [1.165, 1.54) is 26.4 Å². The van der Waals surface area contributed by atoms with Crippen LogP contribution < -0.4 is 19.5 Å². The van der Waals surface area contributed by atoms with Crippen LogP contribution in [0.4, 0.5) is 5.69 Å². The Morgan fingerprint density at radius 3 is 2.28 bits per heavy atom. The largest absolute Gasteiger partial charge is 0.497 e. The third-order valence-corrected chi connectivity index (χ3v) is 4.97. The molecule has 0 heterocycles. The first-order chi connectivity index (χ1) is 14.0. The lowest BCUT2D eigenvalue weighted by Crippen LogP contribution is -2.13. The van der Waals surface area contributed by atoms with Gasteiger partial charge in [-0.05, 0) is 30.7 Å². The highest BCUT2D eigenvalue weighted by Gasteiger charge is 2.16. The first-order valence-electron chi connectivity index (χ1n) is 9.65. The van der Waals surface area contributed by atoms with Gasteiger partial charge >= 0.3 is 0 Å². The molecule has 0 saturated heterocycles. The minimum atomic E-state index is -0.358. The van der Waals surface area contributed by atoms with Crippen LogP contribution in [-0.4, -0.2) is 26.7 Å². The molecule has 2 aromatic carbocycles. The van der Waals surface area contributed by atoms with Crippen LogP contribution in [-0.2, 0) is 0 Å². The van der Waals surface area contributed by atoms with Gasteiger partial charge in [0.1, 0.15) is 11.5 Å². The number of unbranched alkanes of at least 4 members (excludes halogenated alkanes) is 4. The molecule has 2 aromatic rings. The van der Waals surface area contributed by atoms with E-state index in [1.807, 2.05) is 0 Å². The van der Waals surface area contributed by atoms with Crippen LogP contribution in [0, 0.1) is 0 Å². The van der Waals surface area contributed by atoms with Crippen LogP contribution in [0.2, 0.25) is 10.0 Å². The average molecular weight is 440 g/mol. The molecule has 158 valence electrons. The summed E-state index contributed by atoms with van der Waals surface area (Å²) in [5.74, 6) is 1.16. The van der Waals surface area contributed by atoms with Crippen molar-refractivity contribution in [1.82, 2.24) is 0 Å². The molecule has 0 fully saturated rings. The van der Waals surface area contributed by atoms with Crippen molar-refractivity contribution in [3.05, 3.63) is 45.9 Å². The predicted molar refractivity (Wildman–Crippen MR) is 118 cm³/mol. The molecule has 0 aliphatic rings. The van der Waals surface area contributed by atoms with Crippen molar-refractivity contribution >= 4 is 34.8 Å². The number of carbonyl (C=O) groups is 1. The molecule has 0 aliphatic carbocycles. The van der Waals surface area contributed by atoms with Crippen LogP contribution in [0.25, 0.3) is 0 Å². The van der Waals surface area contributed by atoms with Gasteiger partial charge in [0.2, 0.25) is 0 Å². The van der Waals surface area contributed by atoms with Gasteiger partial charge in [-0.25, -0.2) is 0 Å². The lowest BCUT2D eigenvalue weighted by molar-refractivity contribution is 0.102. The molecule has 2 rings (SSSR count). The zero-order valence-electron chi connectivity index (χ0n) is 17.0. The fourth-order valence-electron chi connectivity index (χ4n) is 2.80. The van der Waals surface area contributed by atoms with Crippen LogP contribution in [0.15, 0.2) is 30.3 Å². The lowest BCUT2D eigenvalue weighted by atomic mass is 10.1. The first kappa shape index (κ1) is 23.2. The summed E-state index contributed by atoms with van der Waals surface area (Å²) in [7, 11) is 3.08. The third-order valence-electron chi connectivity index (χ3n) is 4.41. The Morgan fingerprint density at radius 1 is 0.966 bits per heavy atom. The van der Waals surface area contributed by atoms with Crippen LogP contribution in [0.5, 0.6) is 17.2 Å². The van der Waals surface area contributed by atoms with Crippen LogP contribution in [0.1, 0.15) is 49.4 Å². The Bertz CT molecular complexity index is 803. The standard InChI is InChI=1S/C22H27Cl2NO4/c1-4-5-6-7-8-11-29-21-17(23)12-15(13-18(21)24)22(26)25-19-10-9-16(27-2)14-20(19)28-3/h9-10,12-14H,4-8,11H2,1-3H3,(H,25,26). The monoisotopic (exact) mass is 439 g/mol. The van der Waals surface area contributed by atoms with Crippen molar-refractivity contribution in [3.63, 3.8) is 0 Å². The summed E-state index contributed by atoms with van der Waals surface area (Å²) in [6.07, 6.45) is 5.66. The molecule has 0 atom stereocenters. The Balaban J connectivity index is 2.05. The quantitative estimate of drug-likeness (QED) is 0.400. The number of anilines is 1. The summed E-state index contributed by atoms with van der Waals surface area (Å²) >= 11 is 12.6. The van der Waals surface area contributed by atoms with E-state index >= 15 is 0 Å². The fraction of sp³-hybridized carbons (Fsp3) is 0.409. The highest BCUT2D eigenvalue weighted by Crippen LogP contribution is 2.35. The number of hydrogen-bond donors (Lipinski definition) is 1. The average Bonchev–Trinajstić information content (AvgIpc) is 2.72. The predicted octanol–water partition coefficient (Wildman–Crippen LogP) is 6.61. The van der Waals surface area contributed by atoms with E-state index in [9.17, 15) is 4.79 Å². The fourth-order valence-corrected chi connectivity index (χ4v) is 3.40. The molecular weight excluding hydrogens is 413 g/mol. The normalized spacial score (nSPS) is 10.5. The molecule has 0 saturated carbocycles. The van der Waals surface area contributed by atoms with Gasteiger partial charge < -0.3 is 19.5 Å². The van der Waals surface area contributed by atoms with Gasteiger partial charge in [0, 0.05) is 11.6 Å². The van der Waals surface area contributed by atoms with Gasteiger partial charge in [-0.1, -0.05) is 55.8 Å². The van der Waals surface area contributed by atoms with Crippen molar-refractivity contribution < 1.29 is 19.0 Å². The maximum absolute atomic E-state index is 12.7. The molecule has 0 unspecified atom stereocenters. The van der Waals surface area contributed by atoms with Crippen molar-refractivity contribution in [2.24, 2.45) is 0 Å². The summed E-state index contributed by atoms with van der Waals surface area (Å²) < 4.78 is 16.2. The number of methoxy groups -OCH3 is 2. The summed E-state index contributed by atoms with van der Waals surface area (Å²) in [6.45, 7) is 2.72. The van der Waals surface area contributed by atoms with E-state index in [1.54, 1.807) is 37.4 Å². The first-order valence-corrected chi connectivity index (χ1v) is 10.4. The van der Waals surface area contributed by atoms with Crippen LogP contribution in [0.3, 0.4) is 0 Å². The molecule has 1 N–H and O–H groups in total. The summed E-state index contributed by atoms with van der Waals surface area (Å²) in [5, 5.41) is 3.40. The molecule has 5 nitrogen and oxygen atoms in total. The highest BCUT2D eigenvalue weighted by atomic mass is 35.5. The van der Waals surface area contributed by atoms with Gasteiger partial charge in [0.25, 0.3) is 5.91 Å². The number of halogens is 2. The SMILES string of the molecule is CCCCCCCOc1c(Cl)cc(C(=O)Nc2ccc(OC)cc2OC)cc1Cl. The molecule has 1 amide bonds. The third kappa shape index (κ3) is 6.72. The lowest BCUT2D eigenvalue weighted by Gasteiger charge is -2.14. The Labute approximate surface area is 182 Å². The van der Waals surface area contributed by atoms with Crippen molar-refractivity contribution in [2.45, 2.75) is 39.0 Å². The van der Waals surface area contributed by atoms with Crippen molar-refractivity contribution in [1.29, 1.82) is 0 Å². The number of hydrogen-bond acceptors (Lipinski definition) is 4. The maximum atomic E-state index is 12.7. The Morgan fingerprint density at radius 2 is 1.66 bits per heavy atom. The highest BCUT2D eigenvalue weighted by molar-refractivity contribution is 6.37. The number of benzene rings is 2. The number of ether oxygens (including phenoxy) is 3. The van der Waals surface area contributed by atoms with Crippen molar-refractivity contribution in [2.75, 3.05) is 26.1 Å². The number of amides is 1.